The monoisotopic (exact) mass is 323 g/mol. The summed E-state index contributed by atoms with van der Waals surface area (Å²) in [4.78, 5) is 9.00. The van der Waals surface area contributed by atoms with Gasteiger partial charge in [0, 0.05) is 32.6 Å². The number of methoxy groups -OCH3 is 2. The number of ether oxygens (including phenoxy) is 2. The van der Waals surface area contributed by atoms with E-state index in [0.29, 0.717) is 13.0 Å². The molecule has 0 radical (unpaired) electrons. The maximum Gasteiger partial charge on any atom is 0.300 e. The number of benzene rings is 1. The van der Waals surface area contributed by atoms with E-state index >= 15 is 0 Å². The minimum Gasteiger partial charge on any atom is -0.500 e. The number of carbonyl (C=O) groups is 1. The number of rotatable bonds is 4. The van der Waals surface area contributed by atoms with E-state index in [2.05, 4.69) is 12.1 Å². The largest absolute Gasteiger partial charge is 0.500 e. The Morgan fingerprint density at radius 2 is 1.87 bits per heavy atom. The minimum absolute atomic E-state index is 0. The number of aliphatic carboxylic acids is 1. The topological polar surface area (TPSA) is 113 Å². The SMILES string of the molecule is CC(=O)O.COC1=C(c2ccccc2)C=CC(CN)(OC)C1.O. The first kappa shape index (κ1) is 20.9. The Balaban J connectivity index is 0.000000871. The normalized spacial score (nSPS) is 19.3. The molecule has 0 saturated heterocycles. The first-order valence-corrected chi connectivity index (χ1v) is 6.94. The van der Waals surface area contributed by atoms with Gasteiger partial charge in [0.15, 0.2) is 0 Å². The highest BCUT2D eigenvalue weighted by molar-refractivity contribution is 5.77. The van der Waals surface area contributed by atoms with E-state index in [9.17, 15) is 0 Å². The molecule has 23 heavy (non-hydrogen) atoms. The van der Waals surface area contributed by atoms with Gasteiger partial charge >= 0.3 is 0 Å². The summed E-state index contributed by atoms with van der Waals surface area (Å²) in [6.45, 7) is 1.52. The highest BCUT2D eigenvalue weighted by Gasteiger charge is 2.31. The van der Waals surface area contributed by atoms with E-state index < -0.39 is 11.6 Å². The molecule has 1 aromatic rings. The Kier molecular flexibility index (Phi) is 8.87. The molecule has 0 aliphatic heterocycles. The molecule has 6 heteroatoms. The molecule has 6 nitrogen and oxygen atoms in total. The molecule has 1 atom stereocenters. The van der Waals surface area contributed by atoms with Crippen LogP contribution in [0.1, 0.15) is 18.9 Å². The molecule has 0 amide bonds. The second kappa shape index (κ2) is 9.78. The molecule has 0 saturated carbocycles. The number of nitrogens with two attached hydrogens (primary N) is 1. The number of allylic oxidation sites excluding steroid dienone is 2. The van der Waals surface area contributed by atoms with Crippen molar-refractivity contribution >= 4 is 11.5 Å². The van der Waals surface area contributed by atoms with E-state index in [1.54, 1.807) is 14.2 Å². The molecule has 128 valence electrons. The third-order valence-corrected chi connectivity index (χ3v) is 3.40. The highest BCUT2D eigenvalue weighted by Crippen LogP contribution is 2.34. The molecule has 5 N–H and O–H groups in total. The van der Waals surface area contributed by atoms with Crippen LogP contribution in [0, 0.1) is 0 Å². The zero-order valence-corrected chi connectivity index (χ0v) is 13.7. The Hall–Kier alpha value is -2.15. The summed E-state index contributed by atoms with van der Waals surface area (Å²) in [7, 11) is 3.37. The highest BCUT2D eigenvalue weighted by atomic mass is 16.5. The molecule has 1 aliphatic carbocycles. The van der Waals surface area contributed by atoms with Gasteiger partial charge in [0.2, 0.25) is 0 Å². The predicted octanol–water partition coefficient (Wildman–Crippen LogP) is 1.61. The quantitative estimate of drug-likeness (QED) is 0.874. The van der Waals surface area contributed by atoms with Gasteiger partial charge in [0.05, 0.1) is 7.11 Å². The zero-order chi connectivity index (χ0) is 16.6. The molecular formula is C17H25NO5. The van der Waals surface area contributed by atoms with Crippen LogP contribution in [0.3, 0.4) is 0 Å². The predicted molar refractivity (Wildman–Crippen MR) is 89.8 cm³/mol. The van der Waals surface area contributed by atoms with Crippen molar-refractivity contribution in [3.63, 3.8) is 0 Å². The van der Waals surface area contributed by atoms with E-state index in [4.69, 9.17) is 25.1 Å². The van der Waals surface area contributed by atoms with Crippen molar-refractivity contribution in [2.45, 2.75) is 18.9 Å². The van der Waals surface area contributed by atoms with E-state index in [0.717, 1.165) is 23.8 Å². The van der Waals surface area contributed by atoms with Gasteiger partial charge < -0.3 is 25.8 Å². The fraction of sp³-hybridized carbons (Fsp3) is 0.353. The van der Waals surface area contributed by atoms with Gasteiger partial charge in [-0.2, -0.15) is 0 Å². The summed E-state index contributed by atoms with van der Waals surface area (Å²) >= 11 is 0. The number of carboxylic acid groups (broad SMARTS) is 1. The van der Waals surface area contributed by atoms with Crippen molar-refractivity contribution in [1.82, 2.24) is 0 Å². The first-order chi connectivity index (χ1) is 10.5. The van der Waals surface area contributed by atoms with Crippen molar-refractivity contribution in [1.29, 1.82) is 0 Å². The summed E-state index contributed by atoms with van der Waals surface area (Å²) in [5, 5.41) is 7.42. The van der Waals surface area contributed by atoms with Crippen LogP contribution in [0.5, 0.6) is 0 Å². The maximum absolute atomic E-state index is 9.00. The van der Waals surface area contributed by atoms with Gasteiger partial charge in [-0.1, -0.05) is 42.5 Å². The molecule has 1 unspecified atom stereocenters. The van der Waals surface area contributed by atoms with Crippen LogP contribution in [0.4, 0.5) is 0 Å². The Labute approximate surface area is 136 Å². The second-order valence-corrected chi connectivity index (χ2v) is 4.91. The Morgan fingerprint density at radius 3 is 2.30 bits per heavy atom. The van der Waals surface area contributed by atoms with Crippen molar-refractivity contribution < 1.29 is 24.9 Å². The first-order valence-electron chi connectivity index (χ1n) is 6.94. The van der Waals surface area contributed by atoms with Crippen LogP contribution in [-0.2, 0) is 14.3 Å². The van der Waals surface area contributed by atoms with E-state index in [-0.39, 0.29) is 5.48 Å². The minimum atomic E-state index is -0.833. The third-order valence-electron chi connectivity index (χ3n) is 3.40. The summed E-state index contributed by atoms with van der Waals surface area (Å²) in [5.41, 5.74) is 7.60. The van der Waals surface area contributed by atoms with Crippen LogP contribution in [-0.4, -0.2) is 42.9 Å². The average Bonchev–Trinajstić information content (AvgIpc) is 2.54. The summed E-state index contributed by atoms with van der Waals surface area (Å²) < 4.78 is 11.0. The fourth-order valence-corrected chi connectivity index (χ4v) is 2.17. The third kappa shape index (κ3) is 5.86. The molecule has 0 spiro atoms. The van der Waals surface area contributed by atoms with Crippen LogP contribution in [0.25, 0.3) is 5.57 Å². The molecule has 1 aliphatic rings. The van der Waals surface area contributed by atoms with Gasteiger partial charge in [-0.05, 0) is 5.56 Å². The fourth-order valence-electron chi connectivity index (χ4n) is 2.17. The Bertz CT molecular complexity index is 543. The summed E-state index contributed by atoms with van der Waals surface area (Å²) in [6.07, 6.45) is 4.73. The smallest absolute Gasteiger partial charge is 0.300 e. The molecule has 0 heterocycles. The molecule has 2 rings (SSSR count). The van der Waals surface area contributed by atoms with Crippen LogP contribution in [0.15, 0.2) is 48.2 Å². The zero-order valence-electron chi connectivity index (χ0n) is 13.7. The summed E-state index contributed by atoms with van der Waals surface area (Å²) in [6, 6.07) is 10.2. The summed E-state index contributed by atoms with van der Waals surface area (Å²) in [5.74, 6) is 0.0796. The van der Waals surface area contributed by atoms with Crippen molar-refractivity contribution in [2.75, 3.05) is 20.8 Å². The second-order valence-electron chi connectivity index (χ2n) is 4.91. The van der Waals surface area contributed by atoms with Crippen LogP contribution in [0.2, 0.25) is 0 Å². The van der Waals surface area contributed by atoms with E-state index in [1.165, 1.54) is 0 Å². The lowest BCUT2D eigenvalue weighted by Crippen LogP contribution is -2.39. The van der Waals surface area contributed by atoms with Crippen molar-refractivity contribution in [3.8, 4) is 0 Å². The molecule has 0 aromatic heterocycles. The molecule has 0 bridgehead atoms. The van der Waals surface area contributed by atoms with Gasteiger partial charge in [-0.15, -0.1) is 0 Å². The lowest BCUT2D eigenvalue weighted by molar-refractivity contribution is -0.134. The van der Waals surface area contributed by atoms with Gasteiger partial charge in [-0.3, -0.25) is 4.79 Å². The number of hydrogen-bond acceptors (Lipinski definition) is 4. The van der Waals surface area contributed by atoms with Crippen molar-refractivity contribution in [3.05, 3.63) is 53.8 Å². The lowest BCUT2D eigenvalue weighted by atomic mass is 9.88. The molecular weight excluding hydrogens is 298 g/mol. The standard InChI is InChI=1S/C15H19NO2.C2H4O2.H2O/c1-17-14-10-15(11-16,18-2)9-8-13(14)12-6-4-3-5-7-12;1-2(3)4;/h3-9H,10-11,16H2,1-2H3;1H3,(H,3,4);1H2. The van der Waals surface area contributed by atoms with E-state index in [1.807, 2.05) is 30.4 Å². The maximum atomic E-state index is 9.00. The van der Waals surface area contributed by atoms with Crippen molar-refractivity contribution in [2.24, 2.45) is 5.73 Å². The molecule has 1 aromatic carbocycles. The number of carboxylic acids is 1. The van der Waals surface area contributed by atoms with Gasteiger partial charge in [0.25, 0.3) is 5.97 Å². The average molecular weight is 323 g/mol. The van der Waals surface area contributed by atoms with Crippen LogP contribution >= 0.6 is 0 Å². The molecule has 0 fully saturated rings. The number of hydrogen-bond donors (Lipinski definition) is 2. The van der Waals surface area contributed by atoms with Crippen LogP contribution < -0.4 is 5.73 Å². The van der Waals surface area contributed by atoms with Gasteiger partial charge in [0.1, 0.15) is 11.4 Å². The Morgan fingerprint density at radius 1 is 1.30 bits per heavy atom. The lowest BCUT2D eigenvalue weighted by Gasteiger charge is -2.32. The van der Waals surface area contributed by atoms with Gasteiger partial charge in [-0.25, -0.2) is 0 Å².